The Morgan fingerprint density at radius 3 is 1.83 bits per heavy atom. The predicted octanol–water partition coefficient (Wildman–Crippen LogP) is 6.03. The zero-order valence-corrected chi connectivity index (χ0v) is 17.8. The highest BCUT2D eigenvalue weighted by molar-refractivity contribution is 5.89. The van der Waals surface area contributed by atoms with Gasteiger partial charge in [-0.15, -0.1) is 0 Å². The summed E-state index contributed by atoms with van der Waals surface area (Å²) in [5, 5.41) is 2.32. The summed E-state index contributed by atoms with van der Waals surface area (Å²) < 4.78 is 23.1. The van der Waals surface area contributed by atoms with Crippen LogP contribution in [0.2, 0.25) is 0 Å². The Balaban J connectivity index is 1.99. The van der Waals surface area contributed by atoms with E-state index in [0.717, 1.165) is 34.8 Å². The van der Waals surface area contributed by atoms with Crippen molar-refractivity contribution in [3.8, 4) is 23.0 Å². The summed E-state index contributed by atoms with van der Waals surface area (Å²) in [6.07, 6.45) is 0.795. The van der Waals surface area contributed by atoms with Crippen LogP contribution in [0.1, 0.15) is 38.8 Å². The molecular weight excluding hydrogens is 364 g/mol. The highest BCUT2D eigenvalue weighted by Gasteiger charge is 2.12. The van der Waals surface area contributed by atoms with E-state index in [1.165, 1.54) is 16.5 Å². The minimum atomic E-state index is 0.602. The van der Waals surface area contributed by atoms with E-state index in [-0.39, 0.29) is 0 Å². The Morgan fingerprint density at radius 1 is 0.586 bits per heavy atom. The number of fused-ring (bicyclic) bond motifs is 1. The van der Waals surface area contributed by atoms with Crippen molar-refractivity contribution in [1.82, 2.24) is 0 Å². The number of hydrogen-bond acceptors (Lipinski definition) is 4. The number of rotatable bonds is 10. The van der Waals surface area contributed by atoms with Crippen molar-refractivity contribution in [2.75, 3.05) is 26.4 Å². The lowest BCUT2D eigenvalue weighted by Gasteiger charge is -2.15. The highest BCUT2D eigenvalue weighted by Crippen LogP contribution is 2.36. The van der Waals surface area contributed by atoms with Crippen molar-refractivity contribution in [3.63, 3.8) is 0 Å². The van der Waals surface area contributed by atoms with Gasteiger partial charge in [-0.05, 0) is 80.3 Å². The van der Waals surface area contributed by atoms with E-state index >= 15 is 0 Å². The van der Waals surface area contributed by atoms with Gasteiger partial charge in [-0.1, -0.05) is 24.3 Å². The van der Waals surface area contributed by atoms with Crippen LogP contribution in [-0.2, 0) is 6.42 Å². The molecule has 0 aliphatic rings. The van der Waals surface area contributed by atoms with Gasteiger partial charge in [0.05, 0.1) is 26.4 Å². The van der Waals surface area contributed by atoms with E-state index in [1.54, 1.807) is 0 Å². The van der Waals surface area contributed by atoms with Crippen molar-refractivity contribution in [2.24, 2.45) is 0 Å². The molecule has 0 aliphatic carbocycles. The fourth-order valence-electron chi connectivity index (χ4n) is 3.47. The van der Waals surface area contributed by atoms with E-state index in [1.807, 2.05) is 33.8 Å². The van der Waals surface area contributed by atoms with Crippen LogP contribution in [0.5, 0.6) is 23.0 Å². The summed E-state index contributed by atoms with van der Waals surface area (Å²) in [4.78, 5) is 0. The van der Waals surface area contributed by atoms with E-state index in [9.17, 15) is 0 Å². The third-order valence-electron chi connectivity index (χ3n) is 4.64. The molecule has 4 heteroatoms. The molecule has 0 atom stereocenters. The van der Waals surface area contributed by atoms with Gasteiger partial charge in [0.2, 0.25) is 0 Å². The molecule has 0 bridgehead atoms. The molecule has 0 saturated carbocycles. The van der Waals surface area contributed by atoms with Crippen LogP contribution < -0.4 is 18.9 Å². The Bertz CT molecular complexity index is 949. The number of hydrogen-bond donors (Lipinski definition) is 0. The normalized spacial score (nSPS) is 10.8. The van der Waals surface area contributed by atoms with Crippen LogP contribution >= 0.6 is 0 Å². The lowest BCUT2D eigenvalue weighted by molar-refractivity contribution is 0.287. The number of benzene rings is 3. The Labute approximate surface area is 173 Å². The molecule has 0 N–H and O–H groups in total. The molecule has 0 saturated heterocycles. The van der Waals surface area contributed by atoms with Crippen molar-refractivity contribution in [1.29, 1.82) is 0 Å². The maximum Gasteiger partial charge on any atom is 0.161 e. The Hall–Kier alpha value is -2.88. The van der Waals surface area contributed by atoms with Gasteiger partial charge in [-0.25, -0.2) is 0 Å². The second-order valence-corrected chi connectivity index (χ2v) is 6.63. The first-order valence-corrected chi connectivity index (χ1v) is 10.4. The zero-order valence-electron chi connectivity index (χ0n) is 17.8. The molecule has 29 heavy (non-hydrogen) atoms. The summed E-state index contributed by atoms with van der Waals surface area (Å²) in [6.45, 7) is 10.4. The lowest BCUT2D eigenvalue weighted by Crippen LogP contribution is -2.00. The van der Waals surface area contributed by atoms with Gasteiger partial charge < -0.3 is 18.9 Å². The summed E-state index contributed by atoms with van der Waals surface area (Å²) in [5.74, 6) is 3.16. The lowest BCUT2D eigenvalue weighted by atomic mass is 9.97. The molecule has 3 rings (SSSR count). The van der Waals surface area contributed by atoms with Crippen molar-refractivity contribution in [3.05, 3.63) is 59.7 Å². The van der Waals surface area contributed by atoms with Crippen molar-refractivity contribution >= 4 is 10.8 Å². The molecule has 0 spiro atoms. The maximum absolute atomic E-state index is 5.84. The monoisotopic (exact) mass is 394 g/mol. The minimum absolute atomic E-state index is 0.602. The molecule has 3 aromatic rings. The Morgan fingerprint density at radius 2 is 1.17 bits per heavy atom. The second-order valence-electron chi connectivity index (χ2n) is 6.63. The van der Waals surface area contributed by atoms with E-state index < -0.39 is 0 Å². The summed E-state index contributed by atoms with van der Waals surface area (Å²) in [5.41, 5.74) is 2.41. The average Bonchev–Trinajstić information content (AvgIpc) is 2.71. The third-order valence-corrected chi connectivity index (χ3v) is 4.64. The summed E-state index contributed by atoms with van der Waals surface area (Å²) in [7, 11) is 0. The predicted molar refractivity (Wildman–Crippen MR) is 118 cm³/mol. The minimum Gasteiger partial charge on any atom is -0.490 e. The van der Waals surface area contributed by atoms with Crippen LogP contribution in [0.15, 0.2) is 48.5 Å². The van der Waals surface area contributed by atoms with Crippen LogP contribution in [0.25, 0.3) is 10.8 Å². The topological polar surface area (TPSA) is 36.9 Å². The van der Waals surface area contributed by atoms with Crippen LogP contribution in [0.4, 0.5) is 0 Å². The molecule has 0 heterocycles. The molecule has 0 aromatic heterocycles. The van der Waals surface area contributed by atoms with Gasteiger partial charge in [0.1, 0.15) is 0 Å². The molecule has 3 aromatic carbocycles. The van der Waals surface area contributed by atoms with Crippen molar-refractivity contribution < 1.29 is 18.9 Å². The van der Waals surface area contributed by atoms with Crippen molar-refractivity contribution in [2.45, 2.75) is 34.1 Å². The van der Waals surface area contributed by atoms with E-state index in [2.05, 4.69) is 42.5 Å². The molecule has 0 fully saturated rings. The van der Waals surface area contributed by atoms with Crippen LogP contribution in [-0.4, -0.2) is 26.4 Å². The fraction of sp³-hybridized carbons (Fsp3) is 0.360. The molecule has 4 nitrogen and oxygen atoms in total. The molecule has 0 unspecified atom stereocenters. The molecule has 154 valence electrons. The molecule has 0 radical (unpaired) electrons. The molecule has 0 aliphatic heterocycles. The first-order chi connectivity index (χ1) is 14.2. The van der Waals surface area contributed by atoms with Gasteiger partial charge in [0.15, 0.2) is 23.0 Å². The number of ether oxygens (including phenoxy) is 4. The highest BCUT2D eigenvalue weighted by atomic mass is 16.5. The molecule has 0 amide bonds. The first-order valence-electron chi connectivity index (χ1n) is 10.4. The van der Waals surface area contributed by atoms with E-state index in [0.29, 0.717) is 26.4 Å². The maximum atomic E-state index is 5.84. The van der Waals surface area contributed by atoms with Gasteiger partial charge in [0, 0.05) is 0 Å². The fourth-order valence-corrected chi connectivity index (χ4v) is 3.47. The molecular formula is C25H30O4. The largest absolute Gasteiger partial charge is 0.490 e. The summed E-state index contributed by atoms with van der Waals surface area (Å²) >= 11 is 0. The van der Waals surface area contributed by atoms with Gasteiger partial charge in [-0.3, -0.25) is 0 Å². The Kier molecular flexibility index (Phi) is 7.23. The SMILES string of the molecule is CCOc1ccc(Cc2cccc3cc(OCC)c(OCC)cc23)cc1OCC. The van der Waals surface area contributed by atoms with Gasteiger partial charge >= 0.3 is 0 Å². The second kappa shape index (κ2) is 10.1. The third kappa shape index (κ3) is 4.94. The zero-order chi connectivity index (χ0) is 20.6. The standard InChI is InChI=1S/C25H30O4/c1-5-26-22-13-12-18(15-23(22)27-6-2)14-19-10-9-11-20-16-24(28-7-3)25(29-8-4)17-21(19)20/h9-13,15-17H,5-8,14H2,1-4H3. The van der Waals surface area contributed by atoms with Crippen LogP contribution in [0, 0.1) is 0 Å². The summed E-state index contributed by atoms with van der Waals surface area (Å²) in [6, 6.07) is 16.7. The quantitative estimate of drug-likeness (QED) is 0.421. The smallest absolute Gasteiger partial charge is 0.161 e. The average molecular weight is 395 g/mol. The first kappa shape index (κ1) is 20.8. The van der Waals surface area contributed by atoms with Gasteiger partial charge in [0.25, 0.3) is 0 Å². The van der Waals surface area contributed by atoms with E-state index in [4.69, 9.17) is 18.9 Å². The van der Waals surface area contributed by atoms with Gasteiger partial charge in [-0.2, -0.15) is 0 Å². The van der Waals surface area contributed by atoms with Crippen LogP contribution in [0.3, 0.4) is 0 Å².